The topological polar surface area (TPSA) is 70.8 Å². The largest absolute Gasteiger partial charge is 0.492 e. The molecule has 2 aliphatic heterocycles. The van der Waals surface area contributed by atoms with E-state index in [4.69, 9.17) is 4.74 Å². The van der Waals surface area contributed by atoms with Crippen LogP contribution in [0.1, 0.15) is 6.92 Å². The van der Waals surface area contributed by atoms with Crippen LogP contribution in [0.3, 0.4) is 0 Å². The van der Waals surface area contributed by atoms with Crippen LogP contribution >= 0.6 is 0 Å². The monoisotopic (exact) mass is 405 g/mol. The van der Waals surface area contributed by atoms with Crippen LogP contribution in [0.5, 0.6) is 5.75 Å². The van der Waals surface area contributed by atoms with Crippen molar-refractivity contribution in [3.63, 3.8) is 0 Å². The Labute approximate surface area is 173 Å². The number of nitrogens with one attached hydrogen (secondary N) is 3. The number of carbonyl (C=O) groups excluding carboxylic acids is 2. The highest BCUT2D eigenvalue weighted by atomic mass is 16.5. The van der Waals surface area contributed by atoms with E-state index in [1.165, 1.54) is 9.80 Å². The second kappa shape index (κ2) is 10.5. The first-order chi connectivity index (χ1) is 14.1. The summed E-state index contributed by atoms with van der Waals surface area (Å²) in [5.41, 5.74) is 1.15. The van der Waals surface area contributed by atoms with Gasteiger partial charge >= 0.3 is 0 Å². The van der Waals surface area contributed by atoms with Gasteiger partial charge in [0.05, 0.1) is 64.7 Å². The van der Waals surface area contributed by atoms with Crippen molar-refractivity contribution in [3.8, 4) is 5.75 Å². The van der Waals surface area contributed by atoms with Gasteiger partial charge in [-0.25, -0.2) is 0 Å². The summed E-state index contributed by atoms with van der Waals surface area (Å²) in [6.07, 6.45) is 0. The summed E-state index contributed by atoms with van der Waals surface area (Å²) in [5.74, 6) is 1.24. The standard InChI is InChI=1S/C21H33N5O3/c1-3-29-19-7-5-4-6-18(19)25-12-8-24(9-13-25)17-21(28)26-14-10-23(11-15-26)16-20(27)22-2/h4-7H,3,8-17H2,1-2H3,(H,22,27)/p+2. The third kappa shape index (κ3) is 5.83. The molecule has 2 saturated heterocycles. The van der Waals surface area contributed by atoms with Gasteiger partial charge in [-0.2, -0.15) is 0 Å². The van der Waals surface area contributed by atoms with Crippen LogP contribution in [0.4, 0.5) is 5.69 Å². The molecule has 2 amide bonds. The summed E-state index contributed by atoms with van der Waals surface area (Å²) in [4.78, 5) is 31.2. The van der Waals surface area contributed by atoms with Gasteiger partial charge < -0.3 is 29.7 Å². The van der Waals surface area contributed by atoms with Crippen molar-refractivity contribution in [2.24, 2.45) is 0 Å². The quantitative estimate of drug-likeness (QED) is 0.461. The third-order valence-corrected chi connectivity index (χ3v) is 5.89. The average molecular weight is 406 g/mol. The number of likely N-dealkylation sites (N-methyl/N-ethyl adjacent to an activating group) is 1. The number of hydrogen-bond donors (Lipinski definition) is 3. The Morgan fingerprint density at radius 3 is 2.28 bits per heavy atom. The number of anilines is 1. The number of ether oxygens (including phenoxy) is 1. The molecule has 2 heterocycles. The Bertz CT molecular complexity index is 683. The maximum Gasteiger partial charge on any atom is 0.278 e. The van der Waals surface area contributed by atoms with Crippen LogP contribution in [-0.4, -0.2) is 95.8 Å². The van der Waals surface area contributed by atoms with Gasteiger partial charge in [0.2, 0.25) is 0 Å². The molecule has 1 aromatic rings. The molecule has 2 fully saturated rings. The highest BCUT2D eigenvalue weighted by Gasteiger charge is 2.29. The lowest BCUT2D eigenvalue weighted by Gasteiger charge is -2.36. The van der Waals surface area contributed by atoms with Crippen molar-refractivity contribution in [2.75, 3.05) is 84.0 Å². The molecule has 1 aromatic carbocycles. The van der Waals surface area contributed by atoms with E-state index >= 15 is 0 Å². The van der Waals surface area contributed by atoms with E-state index < -0.39 is 0 Å². The maximum atomic E-state index is 12.7. The number of piperazine rings is 2. The summed E-state index contributed by atoms with van der Waals surface area (Å²) < 4.78 is 5.76. The Morgan fingerprint density at radius 1 is 1.00 bits per heavy atom. The molecule has 0 saturated carbocycles. The second-order valence-electron chi connectivity index (χ2n) is 7.80. The first-order valence-corrected chi connectivity index (χ1v) is 10.7. The maximum absolute atomic E-state index is 12.7. The Kier molecular flexibility index (Phi) is 7.71. The molecule has 0 atom stereocenters. The van der Waals surface area contributed by atoms with Crippen molar-refractivity contribution >= 4 is 17.5 Å². The van der Waals surface area contributed by atoms with Gasteiger partial charge in [-0.05, 0) is 19.1 Å². The van der Waals surface area contributed by atoms with Crippen LogP contribution in [0.2, 0.25) is 0 Å². The van der Waals surface area contributed by atoms with Crippen LogP contribution < -0.4 is 24.8 Å². The van der Waals surface area contributed by atoms with E-state index in [0.29, 0.717) is 19.7 Å². The lowest BCUT2D eigenvalue weighted by Crippen LogP contribution is -3.17. The van der Waals surface area contributed by atoms with Crippen molar-refractivity contribution < 1.29 is 24.1 Å². The van der Waals surface area contributed by atoms with Crippen LogP contribution in [0.15, 0.2) is 24.3 Å². The lowest BCUT2D eigenvalue weighted by molar-refractivity contribution is -0.898. The molecule has 8 nitrogen and oxygen atoms in total. The minimum atomic E-state index is 0.0630. The molecule has 0 radical (unpaired) electrons. The molecule has 0 aromatic heterocycles. The van der Waals surface area contributed by atoms with E-state index in [0.717, 1.165) is 63.8 Å². The predicted octanol–water partition coefficient (Wildman–Crippen LogP) is -2.74. The predicted molar refractivity (Wildman–Crippen MR) is 112 cm³/mol. The molecule has 8 heteroatoms. The highest BCUT2D eigenvalue weighted by Crippen LogP contribution is 2.27. The molecule has 0 unspecified atom stereocenters. The zero-order valence-electron chi connectivity index (χ0n) is 17.7. The average Bonchev–Trinajstić information content (AvgIpc) is 2.75. The summed E-state index contributed by atoms with van der Waals surface area (Å²) in [6.45, 7) is 10.7. The van der Waals surface area contributed by atoms with Gasteiger partial charge in [0.1, 0.15) is 5.75 Å². The Hall–Kier alpha value is -2.32. The molecular formula is C21H35N5O3+2. The smallest absolute Gasteiger partial charge is 0.278 e. The van der Waals surface area contributed by atoms with Crippen molar-refractivity contribution in [2.45, 2.75) is 6.92 Å². The van der Waals surface area contributed by atoms with Crippen LogP contribution in [-0.2, 0) is 9.59 Å². The summed E-state index contributed by atoms with van der Waals surface area (Å²) >= 11 is 0. The van der Waals surface area contributed by atoms with Crippen molar-refractivity contribution in [1.82, 2.24) is 10.2 Å². The first kappa shape index (κ1) is 21.4. The molecular weight excluding hydrogens is 370 g/mol. The van der Waals surface area contributed by atoms with Gasteiger partial charge in [0.15, 0.2) is 13.1 Å². The number of amides is 2. The number of para-hydroxylation sites is 2. The number of rotatable bonds is 7. The molecule has 29 heavy (non-hydrogen) atoms. The Morgan fingerprint density at radius 2 is 1.62 bits per heavy atom. The molecule has 0 spiro atoms. The second-order valence-corrected chi connectivity index (χ2v) is 7.80. The van der Waals surface area contributed by atoms with Gasteiger partial charge in [-0.1, -0.05) is 12.1 Å². The third-order valence-electron chi connectivity index (χ3n) is 5.89. The molecule has 0 bridgehead atoms. The number of hydrogen-bond acceptors (Lipinski definition) is 4. The van der Waals surface area contributed by atoms with Crippen LogP contribution in [0, 0.1) is 0 Å². The normalized spacial score (nSPS) is 18.6. The highest BCUT2D eigenvalue weighted by molar-refractivity contribution is 5.77. The summed E-state index contributed by atoms with van der Waals surface area (Å²) in [7, 11) is 1.67. The molecule has 160 valence electrons. The van der Waals surface area contributed by atoms with Gasteiger partial charge in [0.25, 0.3) is 11.8 Å². The number of benzene rings is 1. The zero-order valence-corrected chi connectivity index (χ0v) is 17.7. The van der Waals surface area contributed by atoms with E-state index in [-0.39, 0.29) is 11.8 Å². The van der Waals surface area contributed by atoms with E-state index in [2.05, 4.69) is 16.3 Å². The first-order valence-electron chi connectivity index (χ1n) is 10.7. The van der Waals surface area contributed by atoms with Crippen molar-refractivity contribution in [1.29, 1.82) is 0 Å². The fourth-order valence-corrected chi connectivity index (χ4v) is 4.13. The number of carbonyl (C=O) groups is 2. The van der Waals surface area contributed by atoms with E-state index in [1.807, 2.05) is 30.0 Å². The van der Waals surface area contributed by atoms with E-state index in [1.54, 1.807) is 7.05 Å². The fraction of sp³-hybridized carbons (Fsp3) is 0.619. The minimum absolute atomic E-state index is 0.0630. The fourth-order valence-electron chi connectivity index (χ4n) is 4.13. The summed E-state index contributed by atoms with van der Waals surface area (Å²) in [5, 5.41) is 2.67. The van der Waals surface area contributed by atoms with E-state index in [9.17, 15) is 9.59 Å². The zero-order chi connectivity index (χ0) is 20.6. The minimum Gasteiger partial charge on any atom is -0.492 e. The van der Waals surface area contributed by atoms with Gasteiger partial charge in [-0.15, -0.1) is 0 Å². The van der Waals surface area contributed by atoms with Gasteiger partial charge in [-0.3, -0.25) is 9.59 Å². The lowest BCUT2D eigenvalue weighted by atomic mass is 10.2. The van der Waals surface area contributed by atoms with Crippen LogP contribution in [0.25, 0.3) is 0 Å². The van der Waals surface area contributed by atoms with Gasteiger partial charge in [0, 0.05) is 7.05 Å². The SMILES string of the molecule is CCOc1ccccc1N1CC[NH+](CC(=O)N2CC[NH+](CC(=O)NC)CC2)CC1. The molecule has 2 aliphatic rings. The summed E-state index contributed by atoms with van der Waals surface area (Å²) in [6, 6.07) is 8.19. The molecule has 3 rings (SSSR count). The number of quaternary nitrogens is 2. The Balaban J connectivity index is 1.43. The van der Waals surface area contributed by atoms with Crippen molar-refractivity contribution in [3.05, 3.63) is 24.3 Å². The number of nitrogens with zero attached hydrogens (tertiary/aromatic N) is 2. The molecule has 0 aliphatic carbocycles. The molecule has 3 N–H and O–H groups in total.